The first kappa shape index (κ1) is 20.6. The SMILES string of the molecule is O=C1CCC(=O)N(c2ccc(C(=O)N3CCC(C(=O)Nc4ccccc4)CC3)cc2)N1. The lowest BCUT2D eigenvalue weighted by molar-refractivity contribution is -0.130. The smallest absolute Gasteiger partial charge is 0.253 e. The van der Waals surface area contributed by atoms with Crippen molar-refractivity contribution in [3.8, 4) is 0 Å². The van der Waals surface area contributed by atoms with Gasteiger partial charge in [-0.3, -0.25) is 24.6 Å². The van der Waals surface area contributed by atoms with Crippen molar-refractivity contribution in [3.63, 3.8) is 0 Å². The van der Waals surface area contributed by atoms with Gasteiger partial charge in [0, 0.05) is 43.1 Å². The van der Waals surface area contributed by atoms with Gasteiger partial charge in [0.25, 0.3) is 5.91 Å². The molecule has 0 spiro atoms. The Labute approximate surface area is 180 Å². The van der Waals surface area contributed by atoms with Gasteiger partial charge in [0.2, 0.25) is 17.7 Å². The molecule has 31 heavy (non-hydrogen) atoms. The Bertz CT molecular complexity index is 982. The van der Waals surface area contributed by atoms with Gasteiger partial charge in [0.05, 0.1) is 5.69 Å². The molecule has 0 bridgehead atoms. The fourth-order valence-corrected chi connectivity index (χ4v) is 3.83. The van der Waals surface area contributed by atoms with E-state index >= 15 is 0 Å². The third kappa shape index (κ3) is 4.74. The monoisotopic (exact) mass is 420 g/mol. The summed E-state index contributed by atoms with van der Waals surface area (Å²) in [4.78, 5) is 50.6. The fraction of sp³-hybridized carbons (Fsp3) is 0.304. The number of likely N-dealkylation sites (tertiary alicyclic amines) is 1. The lowest BCUT2D eigenvalue weighted by atomic mass is 9.95. The van der Waals surface area contributed by atoms with Gasteiger partial charge in [-0.1, -0.05) is 18.2 Å². The van der Waals surface area contributed by atoms with Crippen LogP contribution < -0.4 is 15.8 Å². The summed E-state index contributed by atoms with van der Waals surface area (Å²) < 4.78 is 0. The highest BCUT2D eigenvalue weighted by Gasteiger charge is 2.28. The van der Waals surface area contributed by atoms with Crippen molar-refractivity contribution in [2.75, 3.05) is 23.4 Å². The van der Waals surface area contributed by atoms with Crippen LogP contribution in [0.25, 0.3) is 0 Å². The van der Waals surface area contributed by atoms with Crippen molar-refractivity contribution in [3.05, 3.63) is 60.2 Å². The molecule has 0 unspecified atom stereocenters. The molecule has 8 heteroatoms. The zero-order valence-corrected chi connectivity index (χ0v) is 17.0. The molecule has 2 aromatic carbocycles. The van der Waals surface area contributed by atoms with E-state index in [1.165, 1.54) is 5.01 Å². The van der Waals surface area contributed by atoms with E-state index in [4.69, 9.17) is 0 Å². The molecule has 0 radical (unpaired) electrons. The van der Waals surface area contributed by atoms with Gasteiger partial charge in [-0.05, 0) is 49.2 Å². The second kappa shape index (κ2) is 8.99. The Morgan fingerprint density at radius 1 is 0.903 bits per heavy atom. The Balaban J connectivity index is 1.33. The highest BCUT2D eigenvalue weighted by Crippen LogP contribution is 2.23. The number of amides is 4. The van der Waals surface area contributed by atoms with Gasteiger partial charge in [-0.15, -0.1) is 0 Å². The van der Waals surface area contributed by atoms with E-state index in [-0.39, 0.29) is 42.4 Å². The molecule has 0 saturated carbocycles. The second-order valence-electron chi connectivity index (χ2n) is 7.73. The second-order valence-corrected chi connectivity index (χ2v) is 7.73. The Hall–Kier alpha value is -3.68. The maximum Gasteiger partial charge on any atom is 0.253 e. The Morgan fingerprint density at radius 3 is 2.26 bits per heavy atom. The normalized spacial score (nSPS) is 17.3. The van der Waals surface area contributed by atoms with Crippen LogP contribution in [0, 0.1) is 5.92 Å². The lowest BCUT2D eigenvalue weighted by Crippen LogP contribution is -2.50. The standard InChI is InChI=1S/C23H24N4O4/c28-20-10-11-21(29)27(25-20)19-8-6-17(7-9-19)23(31)26-14-12-16(13-15-26)22(30)24-18-4-2-1-3-5-18/h1-9,16H,10-15H2,(H,24,30)(H,25,28). The van der Waals surface area contributed by atoms with Crippen LogP contribution >= 0.6 is 0 Å². The highest BCUT2D eigenvalue weighted by atomic mass is 16.2. The largest absolute Gasteiger partial charge is 0.339 e. The molecule has 2 N–H and O–H groups in total. The van der Waals surface area contributed by atoms with Crippen LogP contribution in [0.15, 0.2) is 54.6 Å². The first-order valence-corrected chi connectivity index (χ1v) is 10.4. The van der Waals surface area contributed by atoms with E-state index in [9.17, 15) is 19.2 Å². The highest BCUT2D eigenvalue weighted by molar-refractivity contribution is 6.02. The van der Waals surface area contributed by atoms with E-state index in [1.54, 1.807) is 29.2 Å². The first-order chi connectivity index (χ1) is 15.0. The molecule has 8 nitrogen and oxygen atoms in total. The van der Waals surface area contributed by atoms with Crippen LogP contribution in [0.3, 0.4) is 0 Å². The quantitative estimate of drug-likeness (QED) is 0.793. The molecule has 4 amide bonds. The van der Waals surface area contributed by atoms with E-state index < -0.39 is 0 Å². The number of hydrogen-bond donors (Lipinski definition) is 2. The molecule has 2 aliphatic rings. The van der Waals surface area contributed by atoms with E-state index in [2.05, 4.69) is 10.7 Å². The van der Waals surface area contributed by atoms with Crippen molar-refractivity contribution >= 4 is 35.0 Å². The number of piperidine rings is 1. The van der Waals surface area contributed by atoms with Gasteiger partial charge >= 0.3 is 0 Å². The molecule has 2 aliphatic heterocycles. The third-order valence-electron chi connectivity index (χ3n) is 5.62. The summed E-state index contributed by atoms with van der Waals surface area (Å²) >= 11 is 0. The van der Waals surface area contributed by atoms with Crippen molar-refractivity contribution in [2.45, 2.75) is 25.7 Å². The van der Waals surface area contributed by atoms with Crippen molar-refractivity contribution in [1.82, 2.24) is 10.3 Å². The summed E-state index contributed by atoms with van der Waals surface area (Å²) in [5.74, 6) is -0.646. The summed E-state index contributed by atoms with van der Waals surface area (Å²) in [7, 11) is 0. The summed E-state index contributed by atoms with van der Waals surface area (Å²) in [5, 5.41) is 4.15. The maximum atomic E-state index is 12.8. The number of nitrogens with one attached hydrogen (secondary N) is 2. The minimum absolute atomic E-state index is 0.0177. The number of carbonyl (C=O) groups is 4. The molecule has 4 rings (SSSR count). The number of nitrogens with zero attached hydrogens (tertiary/aromatic N) is 2. The lowest BCUT2D eigenvalue weighted by Gasteiger charge is -2.31. The molecular weight excluding hydrogens is 396 g/mol. The molecular formula is C23H24N4O4. The number of hydrogen-bond acceptors (Lipinski definition) is 4. The number of benzene rings is 2. The average Bonchev–Trinajstić information content (AvgIpc) is 2.81. The van der Waals surface area contributed by atoms with Crippen LogP contribution in [-0.4, -0.2) is 41.6 Å². The predicted octanol–water partition coefficient (Wildman–Crippen LogP) is 2.34. The minimum Gasteiger partial charge on any atom is -0.339 e. The summed E-state index contributed by atoms with van der Waals surface area (Å²) in [6.45, 7) is 1.02. The van der Waals surface area contributed by atoms with Crippen LogP contribution in [-0.2, 0) is 14.4 Å². The van der Waals surface area contributed by atoms with E-state index in [0.29, 0.717) is 37.2 Å². The van der Waals surface area contributed by atoms with Crippen LogP contribution in [0.5, 0.6) is 0 Å². The number of hydrazine groups is 1. The number of para-hydroxylation sites is 1. The fourth-order valence-electron chi connectivity index (χ4n) is 3.83. The summed E-state index contributed by atoms with van der Waals surface area (Å²) in [6.07, 6.45) is 1.57. The zero-order chi connectivity index (χ0) is 21.8. The Kier molecular flexibility index (Phi) is 5.97. The number of rotatable bonds is 4. The topological polar surface area (TPSA) is 98.8 Å². The average molecular weight is 420 g/mol. The van der Waals surface area contributed by atoms with Crippen LogP contribution in [0.2, 0.25) is 0 Å². The number of carbonyl (C=O) groups excluding carboxylic acids is 4. The van der Waals surface area contributed by atoms with Gasteiger partial charge in [-0.2, -0.15) is 0 Å². The zero-order valence-electron chi connectivity index (χ0n) is 17.0. The summed E-state index contributed by atoms with van der Waals surface area (Å²) in [6, 6.07) is 15.9. The number of anilines is 2. The predicted molar refractivity (Wildman–Crippen MR) is 115 cm³/mol. The van der Waals surface area contributed by atoms with E-state index in [1.807, 2.05) is 30.3 Å². The molecule has 2 aromatic rings. The van der Waals surface area contributed by atoms with Crippen LogP contribution in [0.1, 0.15) is 36.0 Å². The van der Waals surface area contributed by atoms with Gasteiger partial charge in [-0.25, -0.2) is 5.01 Å². The van der Waals surface area contributed by atoms with Crippen LogP contribution in [0.4, 0.5) is 11.4 Å². The maximum absolute atomic E-state index is 12.8. The minimum atomic E-state index is -0.209. The summed E-state index contributed by atoms with van der Waals surface area (Å²) in [5.41, 5.74) is 4.34. The van der Waals surface area contributed by atoms with Crippen molar-refractivity contribution < 1.29 is 19.2 Å². The first-order valence-electron chi connectivity index (χ1n) is 10.4. The van der Waals surface area contributed by atoms with Crippen molar-refractivity contribution in [1.29, 1.82) is 0 Å². The molecule has 0 atom stereocenters. The third-order valence-corrected chi connectivity index (χ3v) is 5.62. The Morgan fingerprint density at radius 2 is 1.58 bits per heavy atom. The van der Waals surface area contributed by atoms with Gasteiger partial charge in [0.15, 0.2) is 0 Å². The molecule has 0 aliphatic carbocycles. The van der Waals surface area contributed by atoms with E-state index in [0.717, 1.165) is 5.69 Å². The molecule has 2 heterocycles. The molecule has 2 saturated heterocycles. The molecule has 2 fully saturated rings. The molecule has 160 valence electrons. The van der Waals surface area contributed by atoms with Gasteiger partial charge in [0.1, 0.15) is 0 Å². The van der Waals surface area contributed by atoms with Gasteiger partial charge < -0.3 is 10.2 Å². The molecule has 0 aromatic heterocycles. The van der Waals surface area contributed by atoms with Crippen molar-refractivity contribution in [2.24, 2.45) is 5.92 Å².